The van der Waals surface area contributed by atoms with Crippen LogP contribution in [-0.2, 0) is 11.3 Å². The Labute approximate surface area is 111 Å². The molecule has 19 heavy (non-hydrogen) atoms. The number of carbonyl (C=O) groups excluding carboxylic acids is 1. The molecule has 0 spiro atoms. The van der Waals surface area contributed by atoms with Crippen molar-refractivity contribution in [1.82, 2.24) is 4.90 Å². The first kappa shape index (κ1) is 13.3. The van der Waals surface area contributed by atoms with Gasteiger partial charge in [0.1, 0.15) is 5.69 Å². The third kappa shape index (κ3) is 2.67. The second-order valence-electron chi connectivity index (χ2n) is 4.90. The minimum atomic E-state index is -0.413. The lowest BCUT2D eigenvalue weighted by molar-refractivity contribution is -0.384. The lowest BCUT2D eigenvalue weighted by Gasteiger charge is -2.18. The van der Waals surface area contributed by atoms with Crippen LogP contribution in [0.4, 0.5) is 11.4 Å². The second kappa shape index (κ2) is 5.26. The maximum absolute atomic E-state index is 11.8. The van der Waals surface area contributed by atoms with E-state index in [1.807, 2.05) is 13.0 Å². The van der Waals surface area contributed by atoms with E-state index in [1.54, 1.807) is 18.0 Å². The topological polar surface area (TPSA) is 75.5 Å². The van der Waals surface area contributed by atoms with E-state index < -0.39 is 4.92 Å². The molecule has 1 aromatic rings. The van der Waals surface area contributed by atoms with Gasteiger partial charge >= 0.3 is 0 Å². The molecule has 6 nitrogen and oxygen atoms in total. The molecule has 6 heteroatoms. The molecular weight excluding hydrogens is 246 g/mol. The van der Waals surface area contributed by atoms with E-state index >= 15 is 0 Å². The van der Waals surface area contributed by atoms with Gasteiger partial charge in [-0.05, 0) is 5.92 Å². The molecule has 0 radical (unpaired) electrons. The predicted molar refractivity (Wildman–Crippen MR) is 71.8 cm³/mol. The molecule has 1 amide bonds. The van der Waals surface area contributed by atoms with E-state index in [9.17, 15) is 14.9 Å². The Balaban J connectivity index is 2.27. The van der Waals surface area contributed by atoms with Crippen molar-refractivity contribution in [3.63, 3.8) is 0 Å². The lowest BCUT2D eigenvalue weighted by atomic mass is 10.1. The maximum atomic E-state index is 11.8. The quantitative estimate of drug-likeness (QED) is 0.666. The van der Waals surface area contributed by atoms with Crippen LogP contribution in [0.3, 0.4) is 0 Å². The third-order valence-corrected chi connectivity index (χ3v) is 3.34. The van der Waals surface area contributed by atoms with E-state index in [0.29, 0.717) is 31.1 Å². The van der Waals surface area contributed by atoms with Crippen molar-refractivity contribution in [3.05, 3.63) is 33.9 Å². The van der Waals surface area contributed by atoms with Crippen LogP contribution < -0.4 is 5.32 Å². The van der Waals surface area contributed by atoms with Gasteiger partial charge in [0, 0.05) is 38.2 Å². The Morgan fingerprint density at radius 3 is 2.79 bits per heavy atom. The minimum absolute atomic E-state index is 0.0414. The number of amides is 1. The Hall–Kier alpha value is -2.11. The molecule has 1 unspecified atom stereocenters. The largest absolute Gasteiger partial charge is 0.382 e. The van der Waals surface area contributed by atoms with E-state index in [-0.39, 0.29) is 11.6 Å². The molecule has 1 heterocycles. The van der Waals surface area contributed by atoms with Crippen molar-refractivity contribution >= 4 is 17.3 Å². The van der Waals surface area contributed by atoms with Gasteiger partial charge in [-0.15, -0.1) is 0 Å². The molecule has 0 bridgehead atoms. The molecule has 1 N–H and O–H groups in total. The van der Waals surface area contributed by atoms with Crippen molar-refractivity contribution in [3.8, 4) is 0 Å². The van der Waals surface area contributed by atoms with Gasteiger partial charge in [-0.25, -0.2) is 0 Å². The van der Waals surface area contributed by atoms with Gasteiger partial charge in [-0.1, -0.05) is 19.1 Å². The fourth-order valence-electron chi connectivity index (χ4n) is 2.49. The number of hydrogen-bond acceptors (Lipinski definition) is 4. The van der Waals surface area contributed by atoms with Crippen LogP contribution in [0.1, 0.15) is 18.9 Å². The first-order valence-corrected chi connectivity index (χ1v) is 6.24. The molecule has 1 aromatic carbocycles. The molecule has 2 rings (SSSR count). The minimum Gasteiger partial charge on any atom is -0.382 e. The number of likely N-dealkylation sites (tertiary alicyclic amines) is 1. The average molecular weight is 263 g/mol. The number of nitrogens with zero attached hydrogens (tertiary/aromatic N) is 2. The molecule has 1 fully saturated rings. The molecular formula is C13H17N3O3. The number of rotatable bonds is 4. The van der Waals surface area contributed by atoms with E-state index in [1.165, 1.54) is 6.07 Å². The van der Waals surface area contributed by atoms with E-state index in [0.717, 1.165) is 5.56 Å². The average Bonchev–Trinajstić information content (AvgIpc) is 2.67. The monoisotopic (exact) mass is 263 g/mol. The molecule has 102 valence electrons. The Kier molecular flexibility index (Phi) is 3.69. The standard InChI is InChI=1S/C13H17N3O3/c1-9-6-12(17)15(7-9)8-10-4-3-5-11(16(18)19)13(10)14-2/h3-5,9,14H,6-8H2,1-2H3. The van der Waals surface area contributed by atoms with Crippen LogP contribution in [0.15, 0.2) is 18.2 Å². The zero-order valence-corrected chi connectivity index (χ0v) is 11.0. The summed E-state index contributed by atoms with van der Waals surface area (Å²) in [5.74, 6) is 0.463. The number of para-hydroxylation sites is 1. The van der Waals surface area contributed by atoms with Crippen molar-refractivity contribution in [2.75, 3.05) is 18.9 Å². The maximum Gasteiger partial charge on any atom is 0.292 e. The summed E-state index contributed by atoms with van der Waals surface area (Å²) in [6.45, 7) is 3.16. The Morgan fingerprint density at radius 1 is 1.53 bits per heavy atom. The van der Waals surface area contributed by atoms with Crippen LogP contribution >= 0.6 is 0 Å². The van der Waals surface area contributed by atoms with Crippen LogP contribution in [-0.4, -0.2) is 29.3 Å². The molecule has 1 saturated heterocycles. The van der Waals surface area contributed by atoms with Crippen molar-refractivity contribution in [2.45, 2.75) is 19.9 Å². The predicted octanol–water partition coefficient (Wildman–Crippen LogP) is 2.00. The summed E-state index contributed by atoms with van der Waals surface area (Å²) in [5.41, 5.74) is 1.30. The highest BCUT2D eigenvalue weighted by atomic mass is 16.6. The summed E-state index contributed by atoms with van der Waals surface area (Å²) in [4.78, 5) is 24.1. The lowest BCUT2D eigenvalue weighted by Crippen LogP contribution is -2.25. The summed E-state index contributed by atoms with van der Waals surface area (Å²) >= 11 is 0. The van der Waals surface area contributed by atoms with Gasteiger partial charge in [-0.3, -0.25) is 14.9 Å². The summed E-state index contributed by atoms with van der Waals surface area (Å²) in [6.07, 6.45) is 0.559. The van der Waals surface area contributed by atoms with Crippen LogP contribution in [0, 0.1) is 16.0 Å². The molecule has 0 saturated carbocycles. The SMILES string of the molecule is CNc1c(CN2CC(C)CC2=O)cccc1[N+](=O)[O-]. The van der Waals surface area contributed by atoms with Gasteiger partial charge in [0.05, 0.1) is 4.92 Å². The smallest absolute Gasteiger partial charge is 0.292 e. The fourth-order valence-corrected chi connectivity index (χ4v) is 2.49. The van der Waals surface area contributed by atoms with Crippen molar-refractivity contribution in [2.24, 2.45) is 5.92 Å². The van der Waals surface area contributed by atoms with Gasteiger partial charge in [0.15, 0.2) is 0 Å². The molecule has 1 aliphatic rings. The second-order valence-corrected chi connectivity index (χ2v) is 4.90. The van der Waals surface area contributed by atoms with Crippen LogP contribution in [0.2, 0.25) is 0 Å². The highest BCUT2D eigenvalue weighted by Gasteiger charge is 2.27. The zero-order valence-electron chi connectivity index (χ0n) is 11.0. The number of nitro benzene ring substituents is 1. The summed E-state index contributed by atoms with van der Waals surface area (Å²) in [7, 11) is 1.65. The fraction of sp³-hybridized carbons (Fsp3) is 0.462. The number of hydrogen-bond donors (Lipinski definition) is 1. The van der Waals surface area contributed by atoms with E-state index in [4.69, 9.17) is 0 Å². The Bertz CT molecular complexity index is 516. The molecule has 1 atom stereocenters. The van der Waals surface area contributed by atoms with E-state index in [2.05, 4.69) is 5.32 Å². The number of nitrogens with one attached hydrogen (secondary N) is 1. The van der Waals surface area contributed by atoms with Crippen molar-refractivity contribution < 1.29 is 9.72 Å². The highest BCUT2D eigenvalue weighted by molar-refractivity contribution is 5.79. The summed E-state index contributed by atoms with van der Waals surface area (Å²) < 4.78 is 0. The molecule has 0 aliphatic carbocycles. The third-order valence-electron chi connectivity index (χ3n) is 3.34. The normalized spacial score (nSPS) is 18.7. The van der Waals surface area contributed by atoms with Gasteiger partial charge in [0.25, 0.3) is 5.69 Å². The van der Waals surface area contributed by atoms with Gasteiger partial charge in [-0.2, -0.15) is 0 Å². The number of nitro groups is 1. The first-order chi connectivity index (χ1) is 9.02. The summed E-state index contributed by atoms with van der Waals surface area (Å²) in [6, 6.07) is 4.93. The number of carbonyl (C=O) groups is 1. The summed E-state index contributed by atoms with van der Waals surface area (Å²) in [5, 5.41) is 13.8. The highest BCUT2D eigenvalue weighted by Crippen LogP contribution is 2.30. The molecule has 1 aliphatic heterocycles. The number of benzene rings is 1. The first-order valence-electron chi connectivity index (χ1n) is 6.24. The van der Waals surface area contributed by atoms with Gasteiger partial charge < -0.3 is 10.2 Å². The molecule has 0 aromatic heterocycles. The Morgan fingerprint density at radius 2 is 2.26 bits per heavy atom. The van der Waals surface area contributed by atoms with Crippen LogP contribution in [0.5, 0.6) is 0 Å². The van der Waals surface area contributed by atoms with Crippen molar-refractivity contribution in [1.29, 1.82) is 0 Å². The van der Waals surface area contributed by atoms with Gasteiger partial charge in [0.2, 0.25) is 5.91 Å². The number of anilines is 1. The zero-order chi connectivity index (χ0) is 14.0. The van der Waals surface area contributed by atoms with Crippen LogP contribution in [0.25, 0.3) is 0 Å².